The lowest BCUT2D eigenvalue weighted by Gasteiger charge is -2.43. The highest BCUT2D eigenvalue weighted by Gasteiger charge is 2.44. The molecule has 17 heavy (non-hydrogen) atoms. The SMILES string of the molecule is CCC1(C)NC(=O)C(C)N(CCC(C)C)C1=O. The number of carbonyl (C=O) groups excluding carboxylic acids is 2. The highest BCUT2D eigenvalue weighted by molar-refractivity contribution is 5.99. The molecule has 2 amide bonds. The Balaban J connectivity index is 2.84. The number of hydrogen-bond donors (Lipinski definition) is 1. The minimum Gasteiger partial charge on any atom is -0.340 e. The molecule has 1 saturated heterocycles. The maximum Gasteiger partial charge on any atom is 0.248 e. The fourth-order valence-electron chi connectivity index (χ4n) is 2.00. The second-order valence-corrected chi connectivity index (χ2v) is 5.53. The Labute approximate surface area is 104 Å². The molecule has 1 aliphatic heterocycles. The Bertz CT molecular complexity index is 315. The summed E-state index contributed by atoms with van der Waals surface area (Å²) in [6.07, 6.45) is 1.56. The summed E-state index contributed by atoms with van der Waals surface area (Å²) in [5.41, 5.74) is -0.722. The number of piperazine rings is 1. The first-order valence-corrected chi connectivity index (χ1v) is 6.45. The van der Waals surface area contributed by atoms with Crippen LogP contribution in [0.15, 0.2) is 0 Å². The second kappa shape index (κ2) is 5.07. The average Bonchev–Trinajstić information content (AvgIpc) is 2.26. The van der Waals surface area contributed by atoms with E-state index in [-0.39, 0.29) is 17.9 Å². The Morgan fingerprint density at radius 2 is 2.00 bits per heavy atom. The van der Waals surface area contributed by atoms with Crippen LogP contribution in [0.3, 0.4) is 0 Å². The van der Waals surface area contributed by atoms with Crippen molar-refractivity contribution < 1.29 is 9.59 Å². The first-order chi connectivity index (χ1) is 7.81. The summed E-state index contributed by atoms with van der Waals surface area (Å²) in [6.45, 7) is 10.4. The molecular formula is C13H24N2O2. The fourth-order valence-corrected chi connectivity index (χ4v) is 2.00. The predicted molar refractivity (Wildman–Crippen MR) is 67.5 cm³/mol. The fraction of sp³-hybridized carbons (Fsp3) is 0.846. The lowest BCUT2D eigenvalue weighted by Crippen LogP contribution is -2.68. The zero-order chi connectivity index (χ0) is 13.2. The van der Waals surface area contributed by atoms with Crippen LogP contribution < -0.4 is 5.32 Å². The molecule has 1 rings (SSSR count). The summed E-state index contributed by atoms with van der Waals surface area (Å²) < 4.78 is 0. The van der Waals surface area contributed by atoms with Gasteiger partial charge in [-0.15, -0.1) is 0 Å². The average molecular weight is 240 g/mol. The van der Waals surface area contributed by atoms with E-state index in [1.54, 1.807) is 11.8 Å². The topological polar surface area (TPSA) is 49.4 Å². The zero-order valence-electron chi connectivity index (χ0n) is 11.5. The number of hydrogen-bond acceptors (Lipinski definition) is 2. The second-order valence-electron chi connectivity index (χ2n) is 5.53. The lowest BCUT2D eigenvalue weighted by molar-refractivity contribution is -0.153. The third kappa shape index (κ3) is 2.79. The summed E-state index contributed by atoms with van der Waals surface area (Å²) in [5.74, 6) is 0.540. The predicted octanol–water partition coefficient (Wildman–Crippen LogP) is 1.55. The van der Waals surface area contributed by atoms with Gasteiger partial charge in [0, 0.05) is 6.54 Å². The third-order valence-corrected chi connectivity index (χ3v) is 3.63. The van der Waals surface area contributed by atoms with E-state index in [9.17, 15) is 9.59 Å². The number of nitrogens with one attached hydrogen (secondary N) is 1. The quantitative estimate of drug-likeness (QED) is 0.810. The summed E-state index contributed by atoms with van der Waals surface area (Å²) >= 11 is 0. The number of amides is 2. The number of rotatable bonds is 4. The van der Waals surface area contributed by atoms with Crippen molar-refractivity contribution in [2.24, 2.45) is 5.92 Å². The van der Waals surface area contributed by atoms with Gasteiger partial charge in [-0.2, -0.15) is 0 Å². The first-order valence-electron chi connectivity index (χ1n) is 6.45. The van der Waals surface area contributed by atoms with Gasteiger partial charge in [0.05, 0.1) is 0 Å². The largest absolute Gasteiger partial charge is 0.340 e. The van der Waals surface area contributed by atoms with Gasteiger partial charge in [0.1, 0.15) is 11.6 Å². The summed E-state index contributed by atoms with van der Waals surface area (Å²) in [5, 5.41) is 2.83. The Morgan fingerprint density at radius 1 is 1.41 bits per heavy atom. The van der Waals surface area contributed by atoms with Gasteiger partial charge in [-0.1, -0.05) is 20.8 Å². The molecule has 0 bridgehead atoms. The molecule has 2 unspecified atom stereocenters. The van der Waals surface area contributed by atoms with Crippen LogP contribution in [-0.2, 0) is 9.59 Å². The van der Waals surface area contributed by atoms with Crippen molar-refractivity contribution in [3.8, 4) is 0 Å². The maximum absolute atomic E-state index is 12.4. The molecule has 0 aromatic rings. The van der Waals surface area contributed by atoms with E-state index in [0.29, 0.717) is 18.9 Å². The van der Waals surface area contributed by atoms with Gasteiger partial charge in [0.2, 0.25) is 11.8 Å². The Morgan fingerprint density at radius 3 is 2.47 bits per heavy atom. The van der Waals surface area contributed by atoms with Crippen LogP contribution in [0.2, 0.25) is 0 Å². The van der Waals surface area contributed by atoms with E-state index < -0.39 is 5.54 Å². The van der Waals surface area contributed by atoms with Gasteiger partial charge >= 0.3 is 0 Å². The molecule has 1 fully saturated rings. The third-order valence-electron chi connectivity index (χ3n) is 3.63. The van der Waals surface area contributed by atoms with Gasteiger partial charge in [-0.05, 0) is 32.6 Å². The van der Waals surface area contributed by atoms with Crippen molar-refractivity contribution >= 4 is 11.8 Å². The lowest BCUT2D eigenvalue weighted by atomic mass is 9.92. The Kier molecular flexibility index (Phi) is 4.17. The van der Waals surface area contributed by atoms with Crippen molar-refractivity contribution in [2.75, 3.05) is 6.54 Å². The van der Waals surface area contributed by atoms with Crippen LogP contribution in [0.25, 0.3) is 0 Å². The van der Waals surface area contributed by atoms with E-state index in [1.165, 1.54) is 0 Å². The highest BCUT2D eigenvalue weighted by atomic mass is 16.2. The van der Waals surface area contributed by atoms with Crippen LogP contribution in [0.5, 0.6) is 0 Å². The summed E-state index contributed by atoms with van der Waals surface area (Å²) in [6, 6.07) is -0.346. The number of nitrogens with zero attached hydrogens (tertiary/aromatic N) is 1. The van der Waals surface area contributed by atoms with Crippen molar-refractivity contribution in [1.29, 1.82) is 0 Å². The maximum atomic E-state index is 12.4. The van der Waals surface area contributed by atoms with Crippen LogP contribution in [0.1, 0.15) is 47.5 Å². The Hall–Kier alpha value is -1.06. The van der Waals surface area contributed by atoms with E-state index >= 15 is 0 Å². The van der Waals surface area contributed by atoms with Crippen LogP contribution in [0, 0.1) is 5.92 Å². The van der Waals surface area contributed by atoms with E-state index in [4.69, 9.17) is 0 Å². The highest BCUT2D eigenvalue weighted by Crippen LogP contribution is 2.22. The van der Waals surface area contributed by atoms with Crippen LogP contribution in [0.4, 0.5) is 0 Å². The monoisotopic (exact) mass is 240 g/mol. The molecule has 4 nitrogen and oxygen atoms in total. The molecule has 0 aromatic carbocycles. The van der Waals surface area contributed by atoms with Crippen LogP contribution in [-0.4, -0.2) is 34.8 Å². The molecule has 0 saturated carbocycles. The summed E-state index contributed by atoms with van der Waals surface area (Å²) in [7, 11) is 0. The van der Waals surface area contributed by atoms with Gasteiger partial charge in [0.25, 0.3) is 0 Å². The molecule has 2 atom stereocenters. The molecule has 1 heterocycles. The minimum atomic E-state index is -0.722. The molecule has 0 aliphatic carbocycles. The van der Waals surface area contributed by atoms with Gasteiger partial charge < -0.3 is 10.2 Å². The smallest absolute Gasteiger partial charge is 0.248 e. The molecule has 0 spiro atoms. The molecule has 98 valence electrons. The van der Waals surface area contributed by atoms with E-state index in [1.807, 2.05) is 13.8 Å². The normalized spacial score (nSPS) is 29.8. The standard InChI is InChI=1S/C13H24N2O2/c1-6-13(5)12(17)15(8-7-9(2)3)10(4)11(16)14-13/h9-10H,6-8H2,1-5H3,(H,14,16). The summed E-state index contributed by atoms with van der Waals surface area (Å²) in [4.78, 5) is 25.9. The molecule has 0 aromatic heterocycles. The van der Waals surface area contributed by atoms with Crippen molar-refractivity contribution in [2.45, 2.75) is 59.0 Å². The zero-order valence-corrected chi connectivity index (χ0v) is 11.5. The molecule has 1 aliphatic rings. The van der Waals surface area contributed by atoms with E-state index in [2.05, 4.69) is 19.2 Å². The van der Waals surface area contributed by atoms with Crippen molar-refractivity contribution in [1.82, 2.24) is 10.2 Å². The minimum absolute atomic E-state index is 0.0438. The van der Waals surface area contributed by atoms with Gasteiger partial charge in [0.15, 0.2) is 0 Å². The van der Waals surface area contributed by atoms with Crippen molar-refractivity contribution in [3.05, 3.63) is 0 Å². The van der Waals surface area contributed by atoms with Crippen LogP contribution >= 0.6 is 0 Å². The van der Waals surface area contributed by atoms with Crippen molar-refractivity contribution in [3.63, 3.8) is 0 Å². The number of carbonyl (C=O) groups is 2. The molecule has 1 N–H and O–H groups in total. The first kappa shape index (κ1) is 14.0. The van der Waals surface area contributed by atoms with Gasteiger partial charge in [-0.25, -0.2) is 0 Å². The molecule has 4 heteroatoms. The molecule has 0 radical (unpaired) electrons. The molecular weight excluding hydrogens is 216 g/mol. The van der Waals surface area contributed by atoms with Gasteiger partial charge in [-0.3, -0.25) is 9.59 Å². The van der Waals surface area contributed by atoms with E-state index in [0.717, 1.165) is 6.42 Å².